The predicted molar refractivity (Wildman–Crippen MR) is 82.6 cm³/mol. The number of carbonyl (C=O) groups is 1. The van der Waals surface area contributed by atoms with Gasteiger partial charge in [-0.2, -0.15) is 18.3 Å². The second-order valence-electron chi connectivity index (χ2n) is 5.85. The van der Waals surface area contributed by atoms with E-state index in [1.165, 1.54) is 23.4 Å². The lowest BCUT2D eigenvalue weighted by Crippen LogP contribution is -2.48. The highest BCUT2D eigenvalue weighted by Gasteiger charge is 2.31. The number of pyridine rings is 1. The van der Waals surface area contributed by atoms with Gasteiger partial charge in [-0.3, -0.25) is 4.79 Å². The molecular formula is C15H17F3N6O. The zero-order valence-electron chi connectivity index (χ0n) is 13.3. The Bertz CT molecular complexity index is 701. The van der Waals surface area contributed by atoms with Crippen molar-refractivity contribution in [2.75, 3.05) is 18.0 Å². The molecule has 1 aliphatic rings. The van der Waals surface area contributed by atoms with Gasteiger partial charge in [0.25, 0.3) is 0 Å². The van der Waals surface area contributed by atoms with Crippen LogP contribution in [0.3, 0.4) is 0 Å². The first-order chi connectivity index (χ1) is 11.9. The van der Waals surface area contributed by atoms with E-state index in [1.807, 2.05) is 4.90 Å². The van der Waals surface area contributed by atoms with Crippen LogP contribution in [0, 0.1) is 0 Å². The Morgan fingerprint density at radius 2 is 2.20 bits per heavy atom. The maximum Gasteiger partial charge on any atom is 0.417 e. The van der Waals surface area contributed by atoms with Gasteiger partial charge in [-0.15, -0.1) is 0 Å². The Morgan fingerprint density at radius 1 is 1.36 bits per heavy atom. The minimum absolute atomic E-state index is 0.0784. The van der Waals surface area contributed by atoms with Crippen molar-refractivity contribution in [1.82, 2.24) is 25.1 Å². The number of alkyl halides is 3. The number of piperidine rings is 1. The van der Waals surface area contributed by atoms with Crippen LogP contribution in [0.15, 0.2) is 31.0 Å². The maximum absolute atomic E-state index is 12.6. The quantitative estimate of drug-likeness (QED) is 0.900. The molecule has 0 spiro atoms. The van der Waals surface area contributed by atoms with Crippen molar-refractivity contribution in [3.63, 3.8) is 0 Å². The molecule has 3 heterocycles. The van der Waals surface area contributed by atoms with E-state index < -0.39 is 11.7 Å². The summed E-state index contributed by atoms with van der Waals surface area (Å²) in [5.74, 6) is 0.293. The van der Waals surface area contributed by atoms with Gasteiger partial charge in [-0.1, -0.05) is 0 Å². The number of hydrogen-bond donors (Lipinski definition) is 1. The lowest BCUT2D eigenvalue weighted by atomic mass is 10.1. The van der Waals surface area contributed by atoms with E-state index in [4.69, 9.17) is 0 Å². The Kier molecular flexibility index (Phi) is 4.86. The number of aromatic nitrogens is 4. The van der Waals surface area contributed by atoms with Crippen LogP contribution < -0.4 is 10.2 Å². The van der Waals surface area contributed by atoms with Crippen molar-refractivity contribution in [2.45, 2.75) is 31.6 Å². The second kappa shape index (κ2) is 7.08. The standard InChI is InChI=1S/C15H17F3N6O/c16-15(17,18)11-3-4-13(20-6-11)23-5-1-2-12(7-23)22-14(25)8-24-10-19-9-21-24/h3-4,6,9-10,12H,1-2,5,7-8H2,(H,22,25). The molecule has 134 valence electrons. The number of halogens is 3. The topological polar surface area (TPSA) is 75.9 Å². The minimum atomic E-state index is -4.40. The smallest absolute Gasteiger partial charge is 0.355 e. The monoisotopic (exact) mass is 354 g/mol. The summed E-state index contributed by atoms with van der Waals surface area (Å²) in [6.45, 7) is 1.27. The van der Waals surface area contributed by atoms with Crippen molar-refractivity contribution >= 4 is 11.7 Å². The van der Waals surface area contributed by atoms with E-state index in [0.717, 1.165) is 25.1 Å². The van der Waals surface area contributed by atoms with Crippen LogP contribution in [-0.4, -0.2) is 44.8 Å². The fourth-order valence-corrected chi connectivity index (χ4v) is 2.78. The molecule has 1 amide bonds. The molecule has 0 aliphatic carbocycles. The fourth-order valence-electron chi connectivity index (χ4n) is 2.78. The van der Waals surface area contributed by atoms with E-state index in [9.17, 15) is 18.0 Å². The van der Waals surface area contributed by atoms with Gasteiger partial charge in [0, 0.05) is 25.3 Å². The highest BCUT2D eigenvalue weighted by Crippen LogP contribution is 2.29. The third-order valence-electron chi connectivity index (χ3n) is 3.96. The van der Waals surface area contributed by atoms with Crippen LogP contribution in [0.2, 0.25) is 0 Å². The zero-order valence-corrected chi connectivity index (χ0v) is 13.3. The van der Waals surface area contributed by atoms with E-state index >= 15 is 0 Å². The molecule has 1 N–H and O–H groups in total. The summed E-state index contributed by atoms with van der Waals surface area (Å²) in [4.78, 5) is 21.6. The summed E-state index contributed by atoms with van der Waals surface area (Å²) in [6, 6.07) is 2.30. The van der Waals surface area contributed by atoms with Crippen LogP contribution in [-0.2, 0) is 17.5 Å². The Morgan fingerprint density at radius 3 is 2.84 bits per heavy atom. The molecule has 0 aromatic carbocycles. The van der Waals surface area contributed by atoms with E-state index in [2.05, 4.69) is 20.4 Å². The number of nitrogens with zero attached hydrogens (tertiary/aromatic N) is 5. The number of amides is 1. The van der Waals surface area contributed by atoms with Gasteiger partial charge < -0.3 is 10.2 Å². The first kappa shape index (κ1) is 17.2. The molecule has 0 radical (unpaired) electrons. The molecular weight excluding hydrogens is 337 g/mol. The zero-order chi connectivity index (χ0) is 17.9. The Hall–Kier alpha value is -2.65. The lowest BCUT2D eigenvalue weighted by molar-refractivity contribution is -0.137. The molecule has 1 saturated heterocycles. The molecule has 2 aromatic rings. The average molecular weight is 354 g/mol. The van der Waals surface area contributed by atoms with Crippen molar-refractivity contribution in [2.24, 2.45) is 0 Å². The molecule has 0 bridgehead atoms. The third kappa shape index (κ3) is 4.46. The minimum Gasteiger partial charge on any atom is -0.355 e. The van der Waals surface area contributed by atoms with Gasteiger partial charge in [0.2, 0.25) is 5.91 Å². The molecule has 25 heavy (non-hydrogen) atoms. The maximum atomic E-state index is 12.6. The molecule has 2 aromatic heterocycles. The van der Waals surface area contributed by atoms with E-state index in [-0.39, 0.29) is 18.5 Å². The van der Waals surface area contributed by atoms with Gasteiger partial charge in [0.1, 0.15) is 25.0 Å². The van der Waals surface area contributed by atoms with Crippen LogP contribution in [0.5, 0.6) is 0 Å². The van der Waals surface area contributed by atoms with Crippen LogP contribution in [0.1, 0.15) is 18.4 Å². The van der Waals surface area contributed by atoms with Crippen LogP contribution in [0.4, 0.5) is 19.0 Å². The number of carbonyl (C=O) groups excluding carboxylic acids is 1. The number of nitrogens with one attached hydrogen (secondary N) is 1. The summed E-state index contributed by atoms with van der Waals surface area (Å²) in [5.41, 5.74) is -0.772. The van der Waals surface area contributed by atoms with E-state index in [1.54, 1.807) is 0 Å². The molecule has 7 nitrogen and oxygen atoms in total. The van der Waals surface area contributed by atoms with Crippen molar-refractivity contribution in [3.05, 3.63) is 36.5 Å². The molecule has 1 fully saturated rings. The van der Waals surface area contributed by atoms with Crippen molar-refractivity contribution < 1.29 is 18.0 Å². The summed E-state index contributed by atoms with van der Waals surface area (Å²) in [5, 5.41) is 6.79. The lowest BCUT2D eigenvalue weighted by Gasteiger charge is -2.34. The Balaban J connectivity index is 1.58. The van der Waals surface area contributed by atoms with Gasteiger partial charge >= 0.3 is 6.18 Å². The number of rotatable bonds is 4. The van der Waals surface area contributed by atoms with Gasteiger partial charge in [0.15, 0.2) is 0 Å². The van der Waals surface area contributed by atoms with Gasteiger partial charge in [0.05, 0.1) is 5.56 Å². The van der Waals surface area contributed by atoms with Gasteiger partial charge in [-0.05, 0) is 25.0 Å². The Labute approximate surface area is 141 Å². The summed E-state index contributed by atoms with van der Waals surface area (Å²) in [6.07, 6.45) is 0.871. The molecule has 3 rings (SSSR count). The summed E-state index contributed by atoms with van der Waals surface area (Å²) in [7, 11) is 0. The average Bonchev–Trinajstić information content (AvgIpc) is 3.07. The largest absolute Gasteiger partial charge is 0.417 e. The third-order valence-corrected chi connectivity index (χ3v) is 3.96. The number of anilines is 1. The first-order valence-electron chi connectivity index (χ1n) is 7.82. The first-order valence-corrected chi connectivity index (χ1v) is 7.82. The molecule has 0 saturated carbocycles. The van der Waals surface area contributed by atoms with E-state index in [0.29, 0.717) is 18.9 Å². The molecule has 1 atom stereocenters. The molecule has 1 unspecified atom stereocenters. The molecule has 10 heteroatoms. The highest BCUT2D eigenvalue weighted by atomic mass is 19.4. The fraction of sp³-hybridized carbons (Fsp3) is 0.467. The van der Waals surface area contributed by atoms with Gasteiger partial charge in [-0.25, -0.2) is 14.6 Å². The number of hydrogen-bond acceptors (Lipinski definition) is 5. The SMILES string of the molecule is O=C(Cn1cncn1)NC1CCCN(c2ccc(C(F)(F)F)cn2)C1. The summed E-state index contributed by atoms with van der Waals surface area (Å²) < 4.78 is 39.3. The second-order valence-corrected chi connectivity index (χ2v) is 5.85. The van der Waals surface area contributed by atoms with Crippen molar-refractivity contribution in [3.8, 4) is 0 Å². The highest BCUT2D eigenvalue weighted by molar-refractivity contribution is 5.76. The predicted octanol–water partition coefficient (Wildman–Crippen LogP) is 1.48. The molecule has 1 aliphatic heterocycles. The van der Waals surface area contributed by atoms with Crippen molar-refractivity contribution in [1.29, 1.82) is 0 Å². The summed E-state index contributed by atoms with van der Waals surface area (Å²) >= 11 is 0. The van der Waals surface area contributed by atoms with Crippen LogP contribution in [0.25, 0.3) is 0 Å². The normalized spacial score (nSPS) is 18.2. The van der Waals surface area contributed by atoms with Crippen LogP contribution >= 0.6 is 0 Å².